The number of likely N-dealkylation sites (N-methyl/N-ethyl adjacent to an activating group) is 1. The molecule has 0 spiro atoms. The zero-order chi connectivity index (χ0) is 14.3. The summed E-state index contributed by atoms with van der Waals surface area (Å²) in [6.45, 7) is 1.70. The summed E-state index contributed by atoms with van der Waals surface area (Å²) >= 11 is 0. The van der Waals surface area contributed by atoms with Crippen molar-refractivity contribution in [1.82, 2.24) is 20.0 Å². The smallest absolute Gasteiger partial charge is 0.276 e. The summed E-state index contributed by atoms with van der Waals surface area (Å²) in [4.78, 5) is 16.7. The lowest BCUT2D eigenvalue weighted by Gasteiger charge is -2.26. The molecule has 1 aromatic rings. The van der Waals surface area contributed by atoms with E-state index in [-0.39, 0.29) is 11.9 Å². The monoisotopic (exact) mass is 277 g/mol. The summed E-state index contributed by atoms with van der Waals surface area (Å²) in [7, 11) is 4.07. The summed E-state index contributed by atoms with van der Waals surface area (Å²) in [6, 6.07) is 0.276. The Hall–Kier alpha value is -1.56. The van der Waals surface area contributed by atoms with E-state index in [1.54, 1.807) is 0 Å². The molecule has 1 unspecified atom stereocenters. The molecule has 0 aromatic carbocycles. The molecule has 6 nitrogen and oxygen atoms in total. The van der Waals surface area contributed by atoms with Crippen molar-refractivity contribution >= 4 is 11.6 Å². The molecule has 0 bridgehead atoms. The maximum atomic E-state index is 12.7. The van der Waals surface area contributed by atoms with Gasteiger partial charge in [0.2, 0.25) is 0 Å². The second-order valence-corrected chi connectivity index (χ2v) is 6.23. The number of nitrogens with two attached hydrogens (primary N) is 1. The number of likely N-dealkylation sites (tertiary alicyclic amines) is 1. The van der Waals surface area contributed by atoms with Crippen molar-refractivity contribution in [3.63, 3.8) is 0 Å². The van der Waals surface area contributed by atoms with Crippen LogP contribution in [0.25, 0.3) is 0 Å². The Morgan fingerprint density at radius 1 is 1.45 bits per heavy atom. The molecule has 0 radical (unpaired) electrons. The number of nitrogen functional groups attached to an aromatic ring is 1. The SMILES string of the molecule is CN(C)CC1CCCN1C(=O)c1n[nH]c(C2CC2)c1N. The molecule has 6 heteroatoms. The number of rotatable bonds is 4. The first-order valence-electron chi connectivity index (χ1n) is 7.37. The Bertz CT molecular complexity index is 506. The molecule has 1 saturated heterocycles. The van der Waals surface area contributed by atoms with Gasteiger partial charge >= 0.3 is 0 Å². The predicted octanol–water partition coefficient (Wildman–Crippen LogP) is 1.04. The number of carbonyl (C=O) groups is 1. The van der Waals surface area contributed by atoms with Crippen LogP contribution >= 0.6 is 0 Å². The number of nitrogens with zero attached hydrogens (tertiary/aromatic N) is 3. The van der Waals surface area contributed by atoms with Gasteiger partial charge in [0, 0.05) is 25.0 Å². The number of carbonyl (C=O) groups excluding carboxylic acids is 1. The Morgan fingerprint density at radius 3 is 2.85 bits per heavy atom. The molecule has 3 N–H and O–H groups in total. The fraction of sp³-hybridized carbons (Fsp3) is 0.714. The first kappa shape index (κ1) is 13.4. The van der Waals surface area contributed by atoms with Crippen molar-refractivity contribution in [2.75, 3.05) is 32.9 Å². The van der Waals surface area contributed by atoms with E-state index >= 15 is 0 Å². The molecule has 20 heavy (non-hydrogen) atoms. The molecule has 2 heterocycles. The van der Waals surface area contributed by atoms with E-state index in [1.807, 2.05) is 19.0 Å². The van der Waals surface area contributed by atoms with Gasteiger partial charge in [-0.3, -0.25) is 9.89 Å². The zero-order valence-corrected chi connectivity index (χ0v) is 12.2. The van der Waals surface area contributed by atoms with Crippen molar-refractivity contribution in [3.05, 3.63) is 11.4 Å². The van der Waals surface area contributed by atoms with Gasteiger partial charge in [-0.1, -0.05) is 0 Å². The first-order chi connectivity index (χ1) is 9.58. The molecular weight excluding hydrogens is 254 g/mol. The zero-order valence-electron chi connectivity index (χ0n) is 12.2. The van der Waals surface area contributed by atoms with E-state index in [9.17, 15) is 4.79 Å². The predicted molar refractivity (Wildman–Crippen MR) is 77.6 cm³/mol. The third-order valence-electron chi connectivity index (χ3n) is 4.24. The summed E-state index contributed by atoms with van der Waals surface area (Å²) in [5.41, 5.74) is 8.04. The van der Waals surface area contributed by atoms with Crippen LogP contribution in [-0.4, -0.2) is 59.1 Å². The van der Waals surface area contributed by atoms with Crippen LogP contribution < -0.4 is 5.73 Å². The standard InChI is InChI=1S/C14H23N5O/c1-18(2)8-10-4-3-7-19(10)14(20)13-11(15)12(16-17-13)9-5-6-9/h9-10H,3-8,15H2,1-2H3,(H,16,17). The second kappa shape index (κ2) is 5.09. The fourth-order valence-corrected chi connectivity index (χ4v) is 3.06. The van der Waals surface area contributed by atoms with Crippen molar-refractivity contribution in [3.8, 4) is 0 Å². The molecule has 2 fully saturated rings. The number of hydrogen-bond donors (Lipinski definition) is 2. The minimum Gasteiger partial charge on any atom is -0.395 e. The van der Waals surface area contributed by atoms with E-state index in [0.29, 0.717) is 17.3 Å². The van der Waals surface area contributed by atoms with Gasteiger partial charge in [-0.05, 0) is 39.8 Å². The Balaban J connectivity index is 1.77. The van der Waals surface area contributed by atoms with E-state index < -0.39 is 0 Å². The first-order valence-corrected chi connectivity index (χ1v) is 7.37. The molecule has 1 aliphatic carbocycles. The normalized spacial score (nSPS) is 22.8. The van der Waals surface area contributed by atoms with Gasteiger partial charge in [-0.2, -0.15) is 5.10 Å². The number of H-pyrrole nitrogens is 1. The average molecular weight is 277 g/mol. The Labute approximate surface area is 119 Å². The summed E-state index contributed by atoms with van der Waals surface area (Å²) in [6.07, 6.45) is 4.41. The van der Waals surface area contributed by atoms with E-state index in [0.717, 1.165) is 44.5 Å². The molecule has 3 rings (SSSR count). The van der Waals surface area contributed by atoms with Crippen molar-refractivity contribution in [2.45, 2.75) is 37.6 Å². The number of nitrogens with one attached hydrogen (secondary N) is 1. The van der Waals surface area contributed by atoms with Crippen molar-refractivity contribution < 1.29 is 4.79 Å². The highest BCUT2D eigenvalue weighted by molar-refractivity contribution is 5.98. The maximum absolute atomic E-state index is 12.7. The second-order valence-electron chi connectivity index (χ2n) is 6.23. The van der Waals surface area contributed by atoms with Crippen molar-refractivity contribution in [2.24, 2.45) is 0 Å². The van der Waals surface area contributed by atoms with E-state index in [4.69, 9.17) is 5.73 Å². The molecule has 2 aliphatic rings. The molecular formula is C14H23N5O. The van der Waals surface area contributed by atoms with Crippen LogP contribution in [0.4, 0.5) is 5.69 Å². The number of amides is 1. The molecule has 1 atom stereocenters. The van der Waals surface area contributed by atoms with E-state index in [2.05, 4.69) is 15.1 Å². The lowest BCUT2D eigenvalue weighted by molar-refractivity contribution is 0.0711. The van der Waals surface area contributed by atoms with Gasteiger partial charge < -0.3 is 15.5 Å². The highest BCUT2D eigenvalue weighted by Gasteiger charge is 2.35. The molecule has 1 aromatic heterocycles. The van der Waals surface area contributed by atoms with Crippen LogP contribution in [0.15, 0.2) is 0 Å². The molecule has 110 valence electrons. The van der Waals surface area contributed by atoms with Crippen molar-refractivity contribution in [1.29, 1.82) is 0 Å². The van der Waals surface area contributed by atoms with Crippen LogP contribution in [0.1, 0.15) is 47.8 Å². The van der Waals surface area contributed by atoms with Crippen LogP contribution in [0.5, 0.6) is 0 Å². The van der Waals surface area contributed by atoms with Gasteiger partial charge in [0.05, 0.1) is 11.4 Å². The van der Waals surface area contributed by atoms with Crippen LogP contribution in [0.3, 0.4) is 0 Å². The fourth-order valence-electron chi connectivity index (χ4n) is 3.06. The topological polar surface area (TPSA) is 78.2 Å². The number of aromatic amines is 1. The minimum atomic E-state index is -0.0185. The average Bonchev–Trinajstić information content (AvgIpc) is 3.01. The third kappa shape index (κ3) is 2.40. The van der Waals surface area contributed by atoms with E-state index in [1.165, 1.54) is 0 Å². The number of aromatic nitrogens is 2. The largest absolute Gasteiger partial charge is 0.395 e. The van der Waals surface area contributed by atoms with Gasteiger partial charge in [0.25, 0.3) is 5.91 Å². The van der Waals surface area contributed by atoms with Crippen LogP contribution in [0, 0.1) is 0 Å². The summed E-state index contributed by atoms with van der Waals surface area (Å²) < 4.78 is 0. The Morgan fingerprint density at radius 2 is 2.20 bits per heavy atom. The van der Waals surface area contributed by atoms with Crippen LogP contribution in [0.2, 0.25) is 0 Å². The van der Waals surface area contributed by atoms with Gasteiger partial charge in [0.1, 0.15) is 0 Å². The van der Waals surface area contributed by atoms with Crippen LogP contribution in [-0.2, 0) is 0 Å². The quantitative estimate of drug-likeness (QED) is 0.862. The Kier molecular flexibility index (Phi) is 3.41. The highest BCUT2D eigenvalue weighted by Crippen LogP contribution is 2.42. The third-order valence-corrected chi connectivity index (χ3v) is 4.24. The minimum absolute atomic E-state index is 0.0185. The summed E-state index contributed by atoms with van der Waals surface area (Å²) in [5, 5.41) is 7.14. The van der Waals surface area contributed by atoms with Gasteiger partial charge in [-0.15, -0.1) is 0 Å². The lowest BCUT2D eigenvalue weighted by Crippen LogP contribution is -2.41. The molecule has 1 aliphatic heterocycles. The number of anilines is 1. The lowest BCUT2D eigenvalue weighted by atomic mass is 10.2. The highest BCUT2D eigenvalue weighted by atomic mass is 16.2. The molecule has 1 saturated carbocycles. The number of hydrogen-bond acceptors (Lipinski definition) is 4. The summed E-state index contributed by atoms with van der Waals surface area (Å²) in [5.74, 6) is 0.468. The van der Waals surface area contributed by atoms with Gasteiger partial charge in [0.15, 0.2) is 5.69 Å². The maximum Gasteiger partial charge on any atom is 0.276 e. The molecule has 1 amide bonds. The van der Waals surface area contributed by atoms with Gasteiger partial charge in [-0.25, -0.2) is 0 Å².